The van der Waals surface area contributed by atoms with Crippen molar-refractivity contribution in [2.24, 2.45) is 0 Å². The SMILES string of the molecule is C1COCCN2CCOCCOCCN(CCO1)CCOCCOCC2.O=[N+]([O-])c1ccc([O-])cc1.O=[N+]([O-])c1ccc([O-])cc1.[Ba+2]. The minimum absolute atomic E-state index is 0. The van der Waals surface area contributed by atoms with Crippen LogP contribution >= 0.6 is 0 Å². The minimum Gasteiger partial charge on any atom is -0.872 e. The number of hydrogen-bond donors (Lipinski definition) is 0. The smallest absolute Gasteiger partial charge is 0.872 e. The van der Waals surface area contributed by atoms with Crippen LogP contribution in [0.2, 0.25) is 0 Å². The first-order valence-electron chi connectivity index (χ1n) is 15.1. The molecule has 3 fully saturated rings. The van der Waals surface area contributed by atoms with Gasteiger partial charge in [-0.05, 0) is 0 Å². The van der Waals surface area contributed by atoms with E-state index < -0.39 is 9.85 Å². The van der Waals surface area contributed by atoms with Crippen LogP contribution in [0.5, 0.6) is 11.5 Å². The summed E-state index contributed by atoms with van der Waals surface area (Å²) in [5, 5.41) is 40.9. The number of nitro groups is 2. The van der Waals surface area contributed by atoms with Crippen LogP contribution in [-0.4, -0.2) is 187 Å². The molecule has 3 saturated heterocycles. The number of nitro benzene ring substituents is 2. The molecule has 0 spiro atoms. The van der Waals surface area contributed by atoms with E-state index in [-0.39, 0.29) is 71.8 Å². The van der Waals surface area contributed by atoms with Crippen molar-refractivity contribution in [2.45, 2.75) is 0 Å². The van der Waals surface area contributed by atoms with Crippen LogP contribution in [0.1, 0.15) is 0 Å². The third kappa shape index (κ3) is 22.4. The summed E-state index contributed by atoms with van der Waals surface area (Å²) in [4.78, 5) is 23.6. The summed E-state index contributed by atoms with van der Waals surface area (Å²) in [7, 11) is 0. The molecule has 258 valence electrons. The van der Waals surface area contributed by atoms with E-state index in [0.717, 1.165) is 63.5 Å². The van der Waals surface area contributed by atoms with Crippen LogP contribution in [0.25, 0.3) is 0 Å². The number of ether oxygens (including phenoxy) is 6. The maximum atomic E-state index is 10.4. The molecule has 47 heavy (non-hydrogen) atoms. The van der Waals surface area contributed by atoms with Crippen molar-refractivity contribution in [3.8, 4) is 11.5 Å². The van der Waals surface area contributed by atoms with Gasteiger partial charge in [0.2, 0.25) is 0 Å². The van der Waals surface area contributed by atoms with Crippen LogP contribution in [-0.2, 0) is 28.4 Å². The van der Waals surface area contributed by atoms with Crippen molar-refractivity contribution in [1.82, 2.24) is 9.80 Å². The van der Waals surface area contributed by atoms with Crippen LogP contribution in [0.15, 0.2) is 48.5 Å². The molecule has 2 aromatic carbocycles. The van der Waals surface area contributed by atoms with Crippen molar-refractivity contribution in [2.75, 3.05) is 119 Å². The molecule has 0 N–H and O–H groups in total. The fraction of sp³-hybridized carbons (Fsp3) is 0.600. The van der Waals surface area contributed by atoms with Gasteiger partial charge >= 0.3 is 48.9 Å². The van der Waals surface area contributed by atoms with Gasteiger partial charge < -0.3 is 38.6 Å². The predicted molar refractivity (Wildman–Crippen MR) is 169 cm³/mol. The molecule has 0 aromatic heterocycles. The van der Waals surface area contributed by atoms with Crippen molar-refractivity contribution in [3.63, 3.8) is 0 Å². The molecule has 16 nitrogen and oxygen atoms in total. The largest absolute Gasteiger partial charge is 2.00 e. The van der Waals surface area contributed by atoms with Crippen LogP contribution in [0.3, 0.4) is 0 Å². The second kappa shape index (κ2) is 28.0. The van der Waals surface area contributed by atoms with Gasteiger partial charge in [0, 0.05) is 63.5 Å². The molecule has 3 aliphatic heterocycles. The monoisotopic (exact) mass is 790 g/mol. The van der Waals surface area contributed by atoms with Crippen molar-refractivity contribution < 1.29 is 48.5 Å². The van der Waals surface area contributed by atoms with Gasteiger partial charge in [-0.2, -0.15) is 0 Å². The number of benzene rings is 2. The maximum absolute atomic E-state index is 10.4. The number of nitrogens with zero attached hydrogens (tertiary/aromatic N) is 4. The zero-order valence-corrected chi connectivity index (χ0v) is 31.2. The molecule has 3 aliphatic rings. The van der Waals surface area contributed by atoms with E-state index in [9.17, 15) is 30.4 Å². The second-order valence-electron chi connectivity index (χ2n) is 9.86. The molecule has 0 atom stereocenters. The fourth-order valence-corrected chi connectivity index (χ4v) is 3.93. The summed E-state index contributed by atoms with van der Waals surface area (Å²) in [5.74, 6) is -0.434. The Kier molecular flexibility index (Phi) is 25.7. The Morgan fingerprint density at radius 2 is 0.638 bits per heavy atom. The Balaban J connectivity index is 0.000000429. The molecule has 0 amide bonds. The van der Waals surface area contributed by atoms with Gasteiger partial charge in [0.25, 0.3) is 11.4 Å². The molecule has 17 heteroatoms. The van der Waals surface area contributed by atoms with E-state index in [1.807, 2.05) is 0 Å². The van der Waals surface area contributed by atoms with Gasteiger partial charge in [0.1, 0.15) is 0 Å². The predicted octanol–water partition coefficient (Wildman–Crippen LogP) is 0.673. The molecule has 2 bridgehead atoms. The van der Waals surface area contributed by atoms with Gasteiger partial charge in [0.15, 0.2) is 0 Å². The average molecular weight is 790 g/mol. The van der Waals surface area contributed by atoms with Gasteiger partial charge in [-0.25, -0.2) is 0 Å². The first-order chi connectivity index (χ1) is 22.3. The van der Waals surface area contributed by atoms with Crippen LogP contribution in [0, 0.1) is 20.2 Å². The Hall–Kier alpha value is -1.91. The first-order valence-corrected chi connectivity index (χ1v) is 15.1. The summed E-state index contributed by atoms with van der Waals surface area (Å²) in [6.07, 6.45) is 0. The van der Waals surface area contributed by atoms with Crippen LogP contribution < -0.4 is 10.2 Å². The van der Waals surface area contributed by atoms with Gasteiger partial charge in [-0.3, -0.25) is 30.0 Å². The number of fused-ring (bicyclic) bond motifs is 21. The zero-order valence-electron chi connectivity index (χ0n) is 26.7. The Morgan fingerprint density at radius 3 is 0.830 bits per heavy atom. The maximum Gasteiger partial charge on any atom is 2.00 e. The van der Waals surface area contributed by atoms with E-state index >= 15 is 0 Å². The molecule has 0 unspecified atom stereocenters. The molecule has 0 saturated carbocycles. The Bertz CT molecular complexity index is 953. The number of rotatable bonds is 2. The number of non-ortho nitro benzene ring substituents is 2. The van der Waals surface area contributed by atoms with Crippen molar-refractivity contribution in [1.29, 1.82) is 0 Å². The normalized spacial score (nSPS) is 20.8. The summed E-state index contributed by atoms with van der Waals surface area (Å²) < 4.78 is 34.2. The van der Waals surface area contributed by atoms with E-state index in [0.29, 0.717) is 79.3 Å². The Morgan fingerprint density at radius 1 is 0.426 bits per heavy atom. The quantitative estimate of drug-likeness (QED) is 0.234. The van der Waals surface area contributed by atoms with E-state index in [2.05, 4.69) is 9.80 Å². The third-order valence-corrected chi connectivity index (χ3v) is 6.52. The third-order valence-electron chi connectivity index (χ3n) is 6.52. The fourth-order valence-electron chi connectivity index (χ4n) is 3.93. The molecule has 5 rings (SSSR count). The molecular formula is C30H44BaN4O12. The minimum atomic E-state index is -0.542. The van der Waals surface area contributed by atoms with Crippen LogP contribution in [0.4, 0.5) is 11.4 Å². The summed E-state index contributed by atoms with van der Waals surface area (Å²) in [6.45, 7) is 13.2. The van der Waals surface area contributed by atoms with Gasteiger partial charge in [-0.1, -0.05) is 24.3 Å². The van der Waals surface area contributed by atoms with Crippen molar-refractivity contribution >= 4 is 60.3 Å². The van der Waals surface area contributed by atoms with Gasteiger partial charge in [0.05, 0.1) is 89.1 Å². The molecular weight excluding hydrogens is 746 g/mol. The van der Waals surface area contributed by atoms with E-state index in [1.165, 1.54) is 24.3 Å². The average Bonchev–Trinajstić information content (AvgIpc) is 3.04. The molecule has 2 aromatic rings. The van der Waals surface area contributed by atoms with Crippen molar-refractivity contribution in [3.05, 3.63) is 68.8 Å². The summed E-state index contributed by atoms with van der Waals surface area (Å²) >= 11 is 0. The van der Waals surface area contributed by atoms with Gasteiger partial charge in [-0.15, -0.1) is 11.5 Å². The zero-order chi connectivity index (χ0) is 33.2. The summed E-state index contributed by atoms with van der Waals surface area (Å²) in [5.41, 5.74) is -0.112. The standard InChI is InChI=1S/C18H36N2O6.2C6H5NO3.Ba/c1-7-21-13-14-24-10-4-20-5-11-25-17-15-22-8-2-19(1)3-9-23-16-18-26-12-6-20;2*8-6-3-1-5(2-4-6)7(9)10;/h1-18H2;2*1-4,8H;/q;;;+2/p-2. The second-order valence-corrected chi connectivity index (χ2v) is 9.86. The molecule has 0 aliphatic carbocycles. The number of hydrogen-bond acceptors (Lipinski definition) is 14. The first kappa shape index (κ1) is 43.1. The summed E-state index contributed by atoms with van der Waals surface area (Å²) in [6, 6.07) is 9.39. The van der Waals surface area contributed by atoms with E-state index in [1.54, 1.807) is 0 Å². The molecule has 3 heterocycles. The topological polar surface area (TPSA) is 194 Å². The molecule has 0 radical (unpaired) electrons. The Labute approximate surface area is 315 Å². The van der Waals surface area contributed by atoms with E-state index in [4.69, 9.17) is 28.4 Å².